The van der Waals surface area contributed by atoms with E-state index in [1.54, 1.807) is 12.4 Å². The maximum Gasteiger partial charge on any atom is 0.225 e. The maximum atomic E-state index is 4.19. The van der Waals surface area contributed by atoms with E-state index in [4.69, 9.17) is 0 Å². The average Bonchev–Trinajstić information content (AvgIpc) is 2.51. The predicted molar refractivity (Wildman–Crippen MR) is 72.9 cm³/mol. The predicted octanol–water partition coefficient (Wildman–Crippen LogP) is -0.935. The average molecular weight is 250 g/mol. The van der Waals surface area contributed by atoms with Gasteiger partial charge in [0.05, 0.1) is 0 Å². The van der Waals surface area contributed by atoms with E-state index in [1.807, 2.05) is 6.07 Å². The molecule has 1 aromatic heterocycles. The Morgan fingerprint density at radius 2 is 1.28 bits per heavy atom. The number of piperazine rings is 2. The molecule has 3 heterocycles. The Morgan fingerprint density at radius 3 is 1.78 bits per heavy atom. The van der Waals surface area contributed by atoms with Gasteiger partial charge in [0.25, 0.3) is 0 Å². The zero-order valence-corrected chi connectivity index (χ0v) is 10.7. The number of aromatic nitrogens is 2. The molecule has 2 aliphatic heterocycles. The van der Waals surface area contributed by atoms with Gasteiger partial charge in [-0.05, 0) is 6.07 Å². The number of nitrogens with one attached hydrogen (secondary N) is 3. The van der Waals surface area contributed by atoms with Crippen molar-refractivity contribution in [1.82, 2.24) is 25.9 Å². The second-order valence-electron chi connectivity index (χ2n) is 4.29. The minimum absolute atomic E-state index is 0.846. The summed E-state index contributed by atoms with van der Waals surface area (Å²) in [6, 6.07) is 1.84. The molecule has 0 bridgehead atoms. The zero-order valence-electron chi connectivity index (χ0n) is 10.7. The number of nitrogens with zero attached hydrogens (tertiary/aromatic N) is 3. The van der Waals surface area contributed by atoms with Crippen LogP contribution in [0.3, 0.4) is 0 Å². The van der Waals surface area contributed by atoms with Gasteiger partial charge in [-0.1, -0.05) is 0 Å². The summed E-state index contributed by atoms with van der Waals surface area (Å²) < 4.78 is 0. The second-order valence-corrected chi connectivity index (χ2v) is 4.29. The van der Waals surface area contributed by atoms with E-state index in [-0.39, 0.29) is 0 Å². The van der Waals surface area contributed by atoms with Crippen molar-refractivity contribution in [1.29, 1.82) is 0 Å². The van der Waals surface area contributed by atoms with Crippen molar-refractivity contribution in [3.63, 3.8) is 0 Å². The third kappa shape index (κ3) is 4.56. The van der Waals surface area contributed by atoms with E-state index in [9.17, 15) is 0 Å². The maximum absolute atomic E-state index is 4.19. The fourth-order valence-electron chi connectivity index (χ4n) is 1.92. The normalized spacial score (nSPS) is 19.9. The summed E-state index contributed by atoms with van der Waals surface area (Å²) in [5, 5.41) is 9.73. The third-order valence-corrected chi connectivity index (χ3v) is 2.91. The van der Waals surface area contributed by atoms with Crippen molar-refractivity contribution < 1.29 is 0 Å². The smallest absolute Gasteiger partial charge is 0.225 e. The Bertz CT molecular complexity index is 296. The number of hydrogen-bond donors (Lipinski definition) is 3. The molecule has 6 nitrogen and oxygen atoms in total. The van der Waals surface area contributed by atoms with Crippen molar-refractivity contribution in [2.24, 2.45) is 0 Å². The molecule has 2 fully saturated rings. The monoisotopic (exact) mass is 250 g/mol. The van der Waals surface area contributed by atoms with Gasteiger partial charge in [0, 0.05) is 64.8 Å². The first kappa shape index (κ1) is 13.2. The molecule has 3 rings (SSSR count). The molecule has 3 N–H and O–H groups in total. The van der Waals surface area contributed by atoms with Gasteiger partial charge >= 0.3 is 0 Å². The summed E-state index contributed by atoms with van der Waals surface area (Å²) in [5.41, 5.74) is 0. The van der Waals surface area contributed by atoms with Crippen LogP contribution >= 0.6 is 0 Å². The first-order chi connectivity index (χ1) is 8.97. The van der Waals surface area contributed by atoms with Gasteiger partial charge in [0.15, 0.2) is 0 Å². The fraction of sp³-hybridized carbons (Fsp3) is 0.667. The molecule has 0 aliphatic carbocycles. The molecule has 0 unspecified atom stereocenters. The highest BCUT2D eigenvalue weighted by molar-refractivity contribution is 5.28. The molecule has 2 aliphatic rings. The Morgan fingerprint density at radius 1 is 0.778 bits per heavy atom. The summed E-state index contributed by atoms with van der Waals surface area (Å²) in [5.74, 6) is 0.846. The van der Waals surface area contributed by atoms with E-state index in [0.29, 0.717) is 0 Å². The largest absolute Gasteiger partial charge is 0.338 e. The van der Waals surface area contributed by atoms with E-state index in [0.717, 1.165) is 58.3 Å². The van der Waals surface area contributed by atoms with Crippen LogP contribution in [0.2, 0.25) is 0 Å². The molecule has 0 spiro atoms. The summed E-state index contributed by atoms with van der Waals surface area (Å²) >= 11 is 0. The van der Waals surface area contributed by atoms with Gasteiger partial charge in [0.1, 0.15) is 0 Å². The molecule has 6 heteroatoms. The lowest BCUT2D eigenvalue weighted by Crippen LogP contribution is -2.44. The summed E-state index contributed by atoms with van der Waals surface area (Å²) in [6.45, 7) is 8.62. The summed E-state index contributed by atoms with van der Waals surface area (Å²) in [7, 11) is 0. The first-order valence-electron chi connectivity index (χ1n) is 6.61. The van der Waals surface area contributed by atoms with E-state index < -0.39 is 0 Å². The number of rotatable bonds is 1. The molecule has 100 valence electrons. The molecule has 2 saturated heterocycles. The summed E-state index contributed by atoms with van der Waals surface area (Å²) in [4.78, 5) is 10.6. The van der Waals surface area contributed by atoms with Crippen LogP contribution in [0.5, 0.6) is 0 Å². The van der Waals surface area contributed by atoms with Crippen LogP contribution in [0.15, 0.2) is 18.5 Å². The summed E-state index contributed by atoms with van der Waals surface area (Å²) in [6.07, 6.45) is 3.56. The van der Waals surface area contributed by atoms with Crippen LogP contribution in [0, 0.1) is 0 Å². The van der Waals surface area contributed by atoms with Gasteiger partial charge < -0.3 is 20.9 Å². The Kier molecular flexibility index (Phi) is 5.84. The minimum Gasteiger partial charge on any atom is -0.338 e. The Labute approximate surface area is 108 Å². The van der Waals surface area contributed by atoms with Crippen LogP contribution < -0.4 is 20.9 Å². The highest BCUT2D eigenvalue weighted by Gasteiger charge is 2.11. The topological polar surface area (TPSA) is 65.1 Å². The van der Waals surface area contributed by atoms with Crippen molar-refractivity contribution in [2.75, 3.05) is 57.3 Å². The molecule has 0 saturated carbocycles. The zero-order chi connectivity index (χ0) is 12.5. The van der Waals surface area contributed by atoms with Gasteiger partial charge in [-0.25, -0.2) is 9.97 Å². The molecular formula is C12H22N6. The quantitative estimate of drug-likeness (QED) is 0.598. The fourth-order valence-corrected chi connectivity index (χ4v) is 1.92. The minimum atomic E-state index is 0.846. The molecule has 0 amide bonds. The molecule has 1 aromatic rings. The van der Waals surface area contributed by atoms with Gasteiger partial charge in [-0.2, -0.15) is 0 Å². The van der Waals surface area contributed by atoms with Crippen LogP contribution in [0.25, 0.3) is 0 Å². The molecule has 0 atom stereocenters. The SMILES string of the molecule is C1CNCCN1.c1cnc(N2CCNCC2)nc1. The van der Waals surface area contributed by atoms with Crippen molar-refractivity contribution in [3.8, 4) is 0 Å². The second kappa shape index (κ2) is 7.97. The standard InChI is InChI=1S/C8H12N4.C4H10N2/c1-2-10-8(11-3-1)12-6-4-9-5-7-12;1-2-6-4-3-5-1/h1-3,9H,4-7H2;5-6H,1-4H2. The van der Waals surface area contributed by atoms with Crippen LogP contribution in [0.1, 0.15) is 0 Å². The van der Waals surface area contributed by atoms with Gasteiger partial charge in [-0.15, -0.1) is 0 Å². The van der Waals surface area contributed by atoms with Crippen LogP contribution in [-0.4, -0.2) is 62.3 Å². The number of hydrogen-bond acceptors (Lipinski definition) is 6. The van der Waals surface area contributed by atoms with Crippen LogP contribution in [-0.2, 0) is 0 Å². The number of anilines is 1. The first-order valence-corrected chi connectivity index (χ1v) is 6.61. The van der Waals surface area contributed by atoms with Gasteiger partial charge in [0.2, 0.25) is 5.95 Å². The highest BCUT2D eigenvalue weighted by atomic mass is 15.3. The van der Waals surface area contributed by atoms with Crippen LogP contribution in [0.4, 0.5) is 5.95 Å². The van der Waals surface area contributed by atoms with E-state index >= 15 is 0 Å². The molecule has 0 radical (unpaired) electrons. The highest BCUT2D eigenvalue weighted by Crippen LogP contribution is 2.04. The van der Waals surface area contributed by atoms with E-state index in [2.05, 4.69) is 30.8 Å². The van der Waals surface area contributed by atoms with Crippen molar-refractivity contribution in [2.45, 2.75) is 0 Å². The lowest BCUT2D eigenvalue weighted by molar-refractivity contribution is 0.534. The van der Waals surface area contributed by atoms with E-state index in [1.165, 1.54) is 0 Å². The lowest BCUT2D eigenvalue weighted by Gasteiger charge is -2.26. The van der Waals surface area contributed by atoms with Crippen molar-refractivity contribution >= 4 is 5.95 Å². The molecular weight excluding hydrogens is 228 g/mol. The Balaban J connectivity index is 0.000000169. The molecule has 0 aromatic carbocycles. The third-order valence-electron chi connectivity index (χ3n) is 2.91. The lowest BCUT2D eigenvalue weighted by atomic mass is 10.4. The Hall–Kier alpha value is -1.24. The molecule has 18 heavy (non-hydrogen) atoms. The van der Waals surface area contributed by atoms with Gasteiger partial charge in [-0.3, -0.25) is 0 Å². The van der Waals surface area contributed by atoms with Crippen molar-refractivity contribution in [3.05, 3.63) is 18.5 Å².